The summed E-state index contributed by atoms with van der Waals surface area (Å²) in [6, 6.07) is 0. The molecule has 0 radical (unpaired) electrons. The first-order valence-corrected chi connectivity index (χ1v) is 5.27. The van der Waals surface area contributed by atoms with Crippen LogP contribution in [-0.4, -0.2) is 80.7 Å². The molecular formula is C10H24O9S. The van der Waals surface area contributed by atoms with Gasteiger partial charge in [-0.2, -0.15) is 13.5 Å². The van der Waals surface area contributed by atoms with Gasteiger partial charge >= 0.3 is 11.9 Å². The highest BCUT2D eigenvalue weighted by Gasteiger charge is 2.24. The third-order valence-corrected chi connectivity index (χ3v) is 2.03. The summed E-state index contributed by atoms with van der Waals surface area (Å²) in [6.07, 6.45) is 0.594. The highest BCUT2D eigenvalue weighted by atomic mass is 32.1. The summed E-state index contributed by atoms with van der Waals surface area (Å²) in [4.78, 5) is 18.2. The van der Waals surface area contributed by atoms with E-state index in [0.29, 0.717) is 6.42 Å². The minimum atomic E-state index is -1.19. The van der Waals surface area contributed by atoms with E-state index in [-0.39, 0.29) is 33.3 Å². The standard InChI is InChI=1S/C6H14O3.2C2H4O3.H2S/c1-2-6(3-7,4-8)5-9;2*3-1-2(4)5;/h7-9H,2-5H2,1H3;2*3H,1H2,(H,4,5);1H2. The topological polar surface area (TPSA) is 176 Å². The molecule has 10 heteroatoms. The van der Waals surface area contributed by atoms with Gasteiger partial charge in [0, 0.05) is 5.41 Å². The second kappa shape index (κ2) is 18.1. The van der Waals surface area contributed by atoms with Crippen molar-refractivity contribution in [3.8, 4) is 0 Å². The van der Waals surface area contributed by atoms with E-state index in [4.69, 9.17) is 45.3 Å². The van der Waals surface area contributed by atoms with Crippen molar-refractivity contribution < 1.29 is 45.3 Å². The van der Waals surface area contributed by atoms with Gasteiger partial charge in [-0.3, -0.25) is 0 Å². The Labute approximate surface area is 123 Å². The maximum Gasteiger partial charge on any atom is 0.329 e. The number of rotatable bonds is 6. The van der Waals surface area contributed by atoms with Gasteiger partial charge in [-0.15, -0.1) is 0 Å². The van der Waals surface area contributed by atoms with Crippen molar-refractivity contribution in [1.29, 1.82) is 0 Å². The fraction of sp³-hybridized carbons (Fsp3) is 0.800. The minimum Gasteiger partial charge on any atom is -0.480 e. The normalized spacial score (nSPS) is 9.10. The zero-order valence-corrected chi connectivity index (χ0v) is 12.2. The summed E-state index contributed by atoms with van der Waals surface area (Å²) in [6.45, 7) is -0.202. The number of aliphatic hydroxyl groups excluding tert-OH is 5. The van der Waals surface area contributed by atoms with Gasteiger partial charge < -0.3 is 35.7 Å². The van der Waals surface area contributed by atoms with Gasteiger partial charge in [-0.05, 0) is 6.42 Å². The van der Waals surface area contributed by atoms with Gasteiger partial charge in [0.1, 0.15) is 13.2 Å². The molecule has 0 aliphatic heterocycles. The van der Waals surface area contributed by atoms with Crippen molar-refractivity contribution in [2.24, 2.45) is 5.41 Å². The smallest absolute Gasteiger partial charge is 0.329 e. The zero-order chi connectivity index (χ0) is 15.9. The Balaban J connectivity index is -0.000000101. The van der Waals surface area contributed by atoms with Crippen molar-refractivity contribution in [3.05, 3.63) is 0 Å². The van der Waals surface area contributed by atoms with E-state index in [1.807, 2.05) is 6.92 Å². The molecule has 9 nitrogen and oxygen atoms in total. The van der Waals surface area contributed by atoms with E-state index in [1.54, 1.807) is 0 Å². The minimum absolute atomic E-state index is 0. The average molecular weight is 320 g/mol. The predicted octanol–water partition coefficient (Wildman–Crippen LogP) is -2.40. The second-order valence-electron chi connectivity index (χ2n) is 3.43. The number of aliphatic hydroxyl groups is 5. The SMILES string of the molecule is CCC(CO)(CO)CO.O=C(O)CO.O=C(O)CO.S. The Morgan fingerprint density at radius 2 is 1.00 bits per heavy atom. The number of hydrogen-bond donors (Lipinski definition) is 7. The lowest BCUT2D eigenvalue weighted by atomic mass is 9.88. The molecule has 20 heavy (non-hydrogen) atoms. The van der Waals surface area contributed by atoms with Gasteiger partial charge in [0.15, 0.2) is 0 Å². The van der Waals surface area contributed by atoms with Gasteiger partial charge in [0.05, 0.1) is 19.8 Å². The van der Waals surface area contributed by atoms with Crippen LogP contribution < -0.4 is 0 Å². The predicted molar refractivity (Wildman–Crippen MR) is 73.8 cm³/mol. The van der Waals surface area contributed by atoms with Crippen molar-refractivity contribution >= 4 is 25.4 Å². The van der Waals surface area contributed by atoms with Crippen LogP contribution in [0.25, 0.3) is 0 Å². The summed E-state index contributed by atoms with van der Waals surface area (Å²) in [5.41, 5.74) is -0.667. The fourth-order valence-electron chi connectivity index (χ4n) is 0.485. The van der Waals surface area contributed by atoms with Crippen LogP contribution in [0.15, 0.2) is 0 Å². The Morgan fingerprint density at radius 1 is 0.800 bits per heavy atom. The molecule has 0 amide bonds. The lowest BCUT2D eigenvalue weighted by Crippen LogP contribution is -2.32. The first kappa shape index (κ1) is 27.4. The summed E-state index contributed by atoms with van der Waals surface area (Å²) in [5, 5.41) is 56.0. The van der Waals surface area contributed by atoms with Crippen LogP contribution in [0.3, 0.4) is 0 Å². The van der Waals surface area contributed by atoms with E-state index < -0.39 is 30.6 Å². The molecule has 0 heterocycles. The number of carbonyl (C=O) groups is 2. The van der Waals surface area contributed by atoms with Crippen LogP contribution in [0.5, 0.6) is 0 Å². The van der Waals surface area contributed by atoms with Gasteiger partial charge in [0.2, 0.25) is 0 Å². The molecule has 0 aromatic carbocycles. The molecule has 0 fully saturated rings. The first-order chi connectivity index (χ1) is 8.78. The lowest BCUT2D eigenvalue weighted by molar-refractivity contribution is -0.141. The fourth-order valence-corrected chi connectivity index (χ4v) is 0.485. The van der Waals surface area contributed by atoms with Crippen LogP contribution in [0, 0.1) is 5.41 Å². The Morgan fingerprint density at radius 3 is 1.00 bits per heavy atom. The highest BCUT2D eigenvalue weighted by Crippen LogP contribution is 2.18. The maximum absolute atomic E-state index is 9.12. The van der Waals surface area contributed by atoms with E-state index in [1.165, 1.54) is 0 Å². The molecule has 0 aliphatic rings. The van der Waals surface area contributed by atoms with Gasteiger partial charge in [-0.25, -0.2) is 9.59 Å². The third kappa shape index (κ3) is 19.4. The average Bonchev–Trinajstić information content (AvgIpc) is 2.43. The number of hydrogen-bond acceptors (Lipinski definition) is 7. The molecule has 0 bridgehead atoms. The maximum atomic E-state index is 9.12. The third-order valence-electron chi connectivity index (χ3n) is 2.03. The van der Waals surface area contributed by atoms with E-state index in [0.717, 1.165) is 0 Å². The molecule has 0 aliphatic carbocycles. The molecule has 0 unspecified atom stereocenters. The number of aliphatic carboxylic acids is 2. The molecule has 0 aromatic rings. The zero-order valence-electron chi connectivity index (χ0n) is 11.2. The molecule has 0 spiro atoms. The van der Waals surface area contributed by atoms with Crippen molar-refractivity contribution in [1.82, 2.24) is 0 Å². The molecule has 0 rings (SSSR count). The molecule has 0 atom stereocenters. The molecule has 0 aromatic heterocycles. The van der Waals surface area contributed by atoms with Crippen molar-refractivity contribution in [2.45, 2.75) is 13.3 Å². The first-order valence-electron chi connectivity index (χ1n) is 5.27. The monoisotopic (exact) mass is 320 g/mol. The second-order valence-corrected chi connectivity index (χ2v) is 3.43. The number of carboxylic acids is 2. The summed E-state index contributed by atoms with van der Waals surface area (Å²) < 4.78 is 0. The largest absolute Gasteiger partial charge is 0.480 e. The van der Waals surface area contributed by atoms with Crippen LogP contribution in [0.2, 0.25) is 0 Å². The van der Waals surface area contributed by atoms with Crippen molar-refractivity contribution in [3.63, 3.8) is 0 Å². The summed E-state index contributed by atoms with van der Waals surface area (Å²) in [7, 11) is 0. The van der Waals surface area contributed by atoms with Crippen LogP contribution >= 0.6 is 13.5 Å². The Hall–Kier alpha value is -0.910. The van der Waals surface area contributed by atoms with E-state index in [2.05, 4.69) is 0 Å². The Bertz CT molecular complexity index is 199. The summed E-state index contributed by atoms with van der Waals surface area (Å²) in [5.74, 6) is -2.38. The van der Waals surface area contributed by atoms with E-state index >= 15 is 0 Å². The number of carboxylic acid groups (broad SMARTS) is 2. The quantitative estimate of drug-likeness (QED) is 0.281. The molecule has 124 valence electrons. The van der Waals surface area contributed by atoms with Crippen LogP contribution in [0.4, 0.5) is 0 Å². The van der Waals surface area contributed by atoms with Crippen LogP contribution in [0.1, 0.15) is 13.3 Å². The van der Waals surface area contributed by atoms with Crippen molar-refractivity contribution in [2.75, 3.05) is 33.0 Å². The molecular weight excluding hydrogens is 296 g/mol. The van der Waals surface area contributed by atoms with Crippen LogP contribution in [-0.2, 0) is 9.59 Å². The summed E-state index contributed by atoms with van der Waals surface area (Å²) >= 11 is 0. The van der Waals surface area contributed by atoms with E-state index in [9.17, 15) is 0 Å². The molecule has 0 saturated heterocycles. The van der Waals surface area contributed by atoms with Gasteiger partial charge in [-0.1, -0.05) is 6.92 Å². The Kier molecular flexibility index (Phi) is 24.8. The molecule has 0 saturated carbocycles. The molecule has 7 N–H and O–H groups in total. The van der Waals surface area contributed by atoms with Gasteiger partial charge in [0.25, 0.3) is 0 Å². The lowest BCUT2D eigenvalue weighted by Gasteiger charge is -2.24. The highest BCUT2D eigenvalue weighted by molar-refractivity contribution is 7.59.